The van der Waals surface area contributed by atoms with Crippen LogP contribution in [0.5, 0.6) is 0 Å². The number of nitrogens with zero attached hydrogens (tertiary/aromatic N) is 2. The Morgan fingerprint density at radius 1 is 0.885 bits per heavy atom. The summed E-state index contributed by atoms with van der Waals surface area (Å²) in [4.78, 5) is 17.5. The van der Waals surface area contributed by atoms with Crippen LogP contribution in [0.1, 0.15) is 0 Å². The SMILES string of the molecule is O=c1c2ccccc2nc(-c2ccccc2)n1Nc1ccc(F)cc1F. The summed E-state index contributed by atoms with van der Waals surface area (Å²) in [6, 6.07) is 19.1. The third kappa shape index (κ3) is 2.82. The highest BCUT2D eigenvalue weighted by Gasteiger charge is 2.14. The van der Waals surface area contributed by atoms with Crippen LogP contribution in [0.3, 0.4) is 0 Å². The van der Waals surface area contributed by atoms with Crippen molar-refractivity contribution in [3.8, 4) is 11.4 Å². The molecule has 0 aliphatic rings. The quantitative estimate of drug-likeness (QED) is 0.602. The van der Waals surface area contributed by atoms with Gasteiger partial charge in [0.1, 0.15) is 5.82 Å². The molecule has 0 radical (unpaired) electrons. The Labute approximate surface area is 147 Å². The number of halogens is 2. The van der Waals surface area contributed by atoms with E-state index in [1.807, 2.05) is 18.2 Å². The summed E-state index contributed by atoms with van der Waals surface area (Å²) in [5.74, 6) is -1.16. The standard InChI is InChI=1S/C20H13F2N3O/c21-14-10-11-18(16(22)12-14)24-25-19(13-6-2-1-3-7-13)23-17-9-5-4-8-15(17)20(25)26/h1-12,24H. The predicted molar refractivity (Wildman–Crippen MR) is 96.8 cm³/mol. The molecule has 1 heterocycles. The van der Waals surface area contributed by atoms with Gasteiger partial charge in [0.2, 0.25) is 0 Å². The Morgan fingerprint density at radius 3 is 2.38 bits per heavy atom. The third-order valence-electron chi connectivity index (χ3n) is 3.97. The maximum atomic E-state index is 14.1. The van der Waals surface area contributed by atoms with E-state index in [-0.39, 0.29) is 11.2 Å². The molecule has 0 aliphatic heterocycles. The molecule has 6 heteroatoms. The number of aromatic nitrogens is 2. The monoisotopic (exact) mass is 349 g/mol. The minimum atomic E-state index is -0.802. The normalized spacial score (nSPS) is 10.8. The average molecular weight is 349 g/mol. The number of hydrogen-bond donors (Lipinski definition) is 1. The second-order valence-corrected chi connectivity index (χ2v) is 5.70. The van der Waals surface area contributed by atoms with Gasteiger partial charge in [-0.15, -0.1) is 0 Å². The molecule has 26 heavy (non-hydrogen) atoms. The van der Waals surface area contributed by atoms with Crippen molar-refractivity contribution in [3.05, 3.63) is 94.8 Å². The van der Waals surface area contributed by atoms with Gasteiger partial charge in [0.05, 0.1) is 16.6 Å². The number of nitrogens with one attached hydrogen (secondary N) is 1. The first-order valence-electron chi connectivity index (χ1n) is 7.93. The van der Waals surface area contributed by atoms with Crippen LogP contribution in [0, 0.1) is 11.6 Å². The zero-order chi connectivity index (χ0) is 18.1. The van der Waals surface area contributed by atoms with Crippen LogP contribution in [0.15, 0.2) is 77.6 Å². The van der Waals surface area contributed by atoms with E-state index < -0.39 is 11.6 Å². The molecular weight excluding hydrogens is 336 g/mol. The number of fused-ring (bicyclic) bond motifs is 1. The molecule has 0 saturated carbocycles. The molecule has 0 saturated heterocycles. The first-order valence-corrected chi connectivity index (χ1v) is 7.93. The summed E-state index contributed by atoms with van der Waals surface area (Å²) in [5.41, 5.74) is 3.55. The van der Waals surface area contributed by atoms with Crippen LogP contribution in [0.4, 0.5) is 14.5 Å². The van der Waals surface area contributed by atoms with E-state index in [1.54, 1.807) is 36.4 Å². The van der Waals surface area contributed by atoms with Crippen molar-refractivity contribution in [2.75, 3.05) is 5.43 Å². The van der Waals surface area contributed by atoms with Gasteiger partial charge in [-0.05, 0) is 24.3 Å². The van der Waals surface area contributed by atoms with Crippen LogP contribution in [0.2, 0.25) is 0 Å². The van der Waals surface area contributed by atoms with E-state index in [9.17, 15) is 13.6 Å². The number of hydrogen-bond acceptors (Lipinski definition) is 3. The Balaban J connectivity index is 1.97. The van der Waals surface area contributed by atoms with Crippen LogP contribution in [0.25, 0.3) is 22.3 Å². The Kier molecular flexibility index (Phi) is 3.93. The lowest BCUT2D eigenvalue weighted by Gasteiger charge is -2.16. The second-order valence-electron chi connectivity index (χ2n) is 5.70. The fourth-order valence-corrected chi connectivity index (χ4v) is 2.72. The first-order chi connectivity index (χ1) is 12.6. The summed E-state index contributed by atoms with van der Waals surface area (Å²) in [5, 5.41) is 0.391. The molecule has 0 unspecified atom stereocenters. The van der Waals surface area contributed by atoms with Crippen molar-refractivity contribution in [1.82, 2.24) is 9.66 Å². The van der Waals surface area contributed by atoms with E-state index in [0.717, 1.165) is 12.1 Å². The highest BCUT2D eigenvalue weighted by atomic mass is 19.1. The first kappa shape index (κ1) is 16.0. The molecule has 4 aromatic rings. The summed E-state index contributed by atoms with van der Waals surface area (Å²) in [6.07, 6.45) is 0. The van der Waals surface area contributed by atoms with E-state index >= 15 is 0 Å². The molecule has 0 amide bonds. The van der Waals surface area contributed by atoms with Crippen LogP contribution in [-0.4, -0.2) is 9.66 Å². The van der Waals surface area contributed by atoms with Gasteiger partial charge in [-0.25, -0.2) is 13.8 Å². The van der Waals surface area contributed by atoms with Crippen molar-refractivity contribution in [2.45, 2.75) is 0 Å². The van der Waals surface area contributed by atoms with E-state index in [0.29, 0.717) is 22.3 Å². The van der Waals surface area contributed by atoms with Gasteiger partial charge in [-0.1, -0.05) is 42.5 Å². The van der Waals surface area contributed by atoms with Gasteiger partial charge in [-0.2, -0.15) is 4.68 Å². The maximum Gasteiger partial charge on any atom is 0.280 e. The molecule has 0 bridgehead atoms. The lowest BCUT2D eigenvalue weighted by Crippen LogP contribution is -2.29. The van der Waals surface area contributed by atoms with Gasteiger partial charge in [0.25, 0.3) is 5.56 Å². The van der Waals surface area contributed by atoms with Crippen LogP contribution < -0.4 is 11.0 Å². The number of anilines is 1. The van der Waals surface area contributed by atoms with Crippen molar-refractivity contribution in [1.29, 1.82) is 0 Å². The zero-order valence-corrected chi connectivity index (χ0v) is 13.5. The summed E-state index contributed by atoms with van der Waals surface area (Å²) in [6.45, 7) is 0. The van der Waals surface area contributed by atoms with Crippen LogP contribution >= 0.6 is 0 Å². The lowest BCUT2D eigenvalue weighted by atomic mass is 10.2. The van der Waals surface area contributed by atoms with Crippen molar-refractivity contribution in [2.24, 2.45) is 0 Å². The molecular formula is C20H13F2N3O. The van der Waals surface area contributed by atoms with Gasteiger partial charge in [0.15, 0.2) is 11.6 Å². The molecule has 4 rings (SSSR count). The molecule has 4 nitrogen and oxygen atoms in total. The zero-order valence-electron chi connectivity index (χ0n) is 13.5. The third-order valence-corrected chi connectivity index (χ3v) is 3.97. The fourth-order valence-electron chi connectivity index (χ4n) is 2.72. The van der Waals surface area contributed by atoms with E-state index in [1.165, 1.54) is 10.7 Å². The lowest BCUT2D eigenvalue weighted by molar-refractivity contribution is 0.583. The van der Waals surface area contributed by atoms with Gasteiger partial charge in [-0.3, -0.25) is 10.2 Å². The highest BCUT2D eigenvalue weighted by Crippen LogP contribution is 2.21. The van der Waals surface area contributed by atoms with E-state index in [4.69, 9.17) is 0 Å². The van der Waals surface area contributed by atoms with Gasteiger partial charge >= 0.3 is 0 Å². The van der Waals surface area contributed by atoms with Crippen molar-refractivity contribution >= 4 is 16.6 Å². The van der Waals surface area contributed by atoms with Crippen molar-refractivity contribution in [3.63, 3.8) is 0 Å². The van der Waals surface area contributed by atoms with Crippen molar-refractivity contribution < 1.29 is 8.78 Å². The van der Waals surface area contributed by atoms with Crippen LogP contribution in [-0.2, 0) is 0 Å². The second kappa shape index (κ2) is 6.40. The molecule has 3 aromatic carbocycles. The molecule has 0 fully saturated rings. The molecule has 1 N–H and O–H groups in total. The highest BCUT2D eigenvalue weighted by molar-refractivity contribution is 5.80. The summed E-state index contributed by atoms with van der Waals surface area (Å²) in [7, 11) is 0. The molecule has 0 atom stereocenters. The fraction of sp³-hybridized carbons (Fsp3) is 0. The molecule has 0 aliphatic carbocycles. The summed E-state index contributed by atoms with van der Waals surface area (Å²) < 4.78 is 28.4. The largest absolute Gasteiger partial charge is 0.287 e. The number of benzene rings is 3. The smallest absolute Gasteiger partial charge is 0.280 e. The molecule has 0 spiro atoms. The number of para-hydroxylation sites is 1. The Hall–Kier alpha value is -3.54. The van der Waals surface area contributed by atoms with E-state index in [2.05, 4.69) is 10.4 Å². The minimum Gasteiger partial charge on any atom is -0.287 e. The average Bonchev–Trinajstić information content (AvgIpc) is 2.66. The maximum absolute atomic E-state index is 14.1. The van der Waals surface area contributed by atoms with Gasteiger partial charge < -0.3 is 0 Å². The topological polar surface area (TPSA) is 46.9 Å². The number of rotatable bonds is 3. The molecule has 1 aromatic heterocycles. The molecule has 128 valence electrons. The Bertz CT molecular complexity index is 1160. The summed E-state index contributed by atoms with van der Waals surface area (Å²) >= 11 is 0. The predicted octanol–water partition coefficient (Wildman–Crippen LogP) is 4.22. The Morgan fingerprint density at radius 2 is 1.62 bits per heavy atom. The minimum absolute atomic E-state index is 0.0252. The van der Waals surface area contributed by atoms with Gasteiger partial charge in [0, 0.05) is 11.6 Å².